The first-order chi connectivity index (χ1) is 7.33. The monoisotopic (exact) mass is 205 g/mol. The van der Waals surface area contributed by atoms with Gasteiger partial charge in [0.15, 0.2) is 0 Å². The molecule has 5 heteroatoms. The Kier molecular flexibility index (Phi) is 2.53. The van der Waals surface area contributed by atoms with Crippen molar-refractivity contribution in [1.82, 2.24) is 10.1 Å². The molecule has 0 saturated carbocycles. The van der Waals surface area contributed by atoms with Gasteiger partial charge in [0.1, 0.15) is 5.75 Å². The number of ether oxygens (including phenoxy) is 1. The Morgan fingerprint density at radius 2 is 2.27 bits per heavy atom. The van der Waals surface area contributed by atoms with E-state index < -0.39 is 0 Å². The Morgan fingerprint density at radius 1 is 1.40 bits per heavy atom. The standard InChI is InChI=1S/C10H11N3O2/c1-11-10-12-9(13-15-10)7-4-3-5-8(6-7)14-2/h3-6H,1-2H3,(H,11,12,13). The molecule has 0 aliphatic heterocycles. The van der Waals surface area contributed by atoms with E-state index in [1.165, 1.54) is 0 Å². The average Bonchev–Trinajstić information content (AvgIpc) is 2.78. The number of benzene rings is 1. The van der Waals surface area contributed by atoms with Gasteiger partial charge in [0.25, 0.3) is 0 Å². The largest absolute Gasteiger partial charge is 0.497 e. The van der Waals surface area contributed by atoms with Crippen LogP contribution in [0.3, 0.4) is 0 Å². The minimum atomic E-state index is 0.396. The maximum absolute atomic E-state index is 5.11. The molecule has 0 radical (unpaired) electrons. The summed E-state index contributed by atoms with van der Waals surface area (Å²) in [6.07, 6.45) is 0. The van der Waals surface area contributed by atoms with E-state index in [2.05, 4.69) is 15.5 Å². The molecular weight excluding hydrogens is 194 g/mol. The van der Waals surface area contributed by atoms with Crippen molar-refractivity contribution < 1.29 is 9.26 Å². The molecule has 2 aromatic rings. The van der Waals surface area contributed by atoms with Crippen LogP contribution >= 0.6 is 0 Å². The highest BCUT2D eigenvalue weighted by atomic mass is 16.5. The fourth-order valence-corrected chi connectivity index (χ4v) is 1.20. The molecule has 0 fully saturated rings. The van der Waals surface area contributed by atoms with Crippen molar-refractivity contribution in [2.24, 2.45) is 0 Å². The van der Waals surface area contributed by atoms with Crippen molar-refractivity contribution in [3.63, 3.8) is 0 Å². The van der Waals surface area contributed by atoms with Crippen LogP contribution < -0.4 is 10.1 Å². The van der Waals surface area contributed by atoms with E-state index in [-0.39, 0.29) is 0 Å². The lowest BCUT2D eigenvalue weighted by Gasteiger charge is -1.99. The van der Waals surface area contributed by atoms with E-state index in [1.54, 1.807) is 14.2 Å². The van der Waals surface area contributed by atoms with Crippen molar-refractivity contribution in [3.8, 4) is 17.1 Å². The average molecular weight is 205 g/mol. The number of hydrogen-bond acceptors (Lipinski definition) is 5. The van der Waals surface area contributed by atoms with Gasteiger partial charge in [-0.1, -0.05) is 17.3 Å². The zero-order chi connectivity index (χ0) is 10.7. The van der Waals surface area contributed by atoms with Crippen molar-refractivity contribution >= 4 is 6.01 Å². The van der Waals surface area contributed by atoms with E-state index in [4.69, 9.17) is 9.26 Å². The summed E-state index contributed by atoms with van der Waals surface area (Å²) in [6.45, 7) is 0. The molecule has 1 aromatic heterocycles. The van der Waals surface area contributed by atoms with Gasteiger partial charge in [0.05, 0.1) is 7.11 Å². The number of methoxy groups -OCH3 is 1. The molecule has 0 unspecified atom stereocenters. The SMILES string of the molecule is CNc1nc(-c2cccc(OC)c2)no1. The molecular formula is C10H11N3O2. The molecule has 0 amide bonds. The van der Waals surface area contributed by atoms with Gasteiger partial charge in [-0.2, -0.15) is 4.98 Å². The summed E-state index contributed by atoms with van der Waals surface area (Å²) in [4.78, 5) is 4.13. The number of nitrogens with one attached hydrogen (secondary N) is 1. The predicted molar refractivity (Wildman–Crippen MR) is 55.8 cm³/mol. The number of anilines is 1. The van der Waals surface area contributed by atoms with Crippen LogP contribution in [-0.4, -0.2) is 24.3 Å². The van der Waals surface area contributed by atoms with E-state index in [0.29, 0.717) is 11.8 Å². The topological polar surface area (TPSA) is 60.2 Å². The number of hydrogen-bond donors (Lipinski definition) is 1. The van der Waals surface area contributed by atoms with E-state index in [1.807, 2.05) is 24.3 Å². The molecule has 0 atom stereocenters. The Morgan fingerprint density at radius 3 is 2.93 bits per heavy atom. The Balaban J connectivity index is 2.35. The first-order valence-electron chi connectivity index (χ1n) is 4.49. The summed E-state index contributed by atoms with van der Waals surface area (Å²) in [5, 5.41) is 6.60. The third-order valence-corrected chi connectivity index (χ3v) is 1.97. The van der Waals surface area contributed by atoms with Crippen LogP contribution in [0, 0.1) is 0 Å². The molecule has 0 bridgehead atoms. The lowest BCUT2D eigenvalue weighted by Crippen LogP contribution is -1.87. The van der Waals surface area contributed by atoms with E-state index >= 15 is 0 Å². The molecule has 5 nitrogen and oxygen atoms in total. The lowest BCUT2D eigenvalue weighted by molar-refractivity contribution is 0.414. The highest BCUT2D eigenvalue weighted by Gasteiger charge is 2.07. The molecule has 1 heterocycles. The summed E-state index contributed by atoms with van der Waals surface area (Å²) in [7, 11) is 3.34. The maximum atomic E-state index is 5.11. The molecule has 0 aliphatic rings. The summed E-state index contributed by atoms with van der Waals surface area (Å²) >= 11 is 0. The second-order valence-electron chi connectivity index (χ2n) is 2.91. The molecule has 0 saturated heterocycles. The Bertz CT molecular complexity index is 453. The van der Waals surface area contributed by atoms with Gasteiger partial charge in [-0.3, -0.25) is 0 Å². The molecule has 15 heavy (non-hydrogen) atoms. The fourth-order valence-electron chi connectivity index (χ4n) is 1.20. The highest BCUT2D eigenvalue weighted by molar-refractivity contribution is 5.57. The van der Waals surface area contributed by atoms with Crippen LogP contribution in [0.25, 0.3) is 11.4 Å². The quantitative estimate of drug-likeness (QED) is 0.827. The minimum absolute atomic E-state index is 0.396. The van der Waals surface area contributed by atoms with Crippen molar-refractivity contribution in [1.29, 1.82) is 0 Å². The Labute approximate surface area is 87.1 Å². The number of rotatable bonds is 3. The minimum Gasteiger partial charge on any atom is -0.497 e. The third kappa shape index (κ3) is 1.90. The highest BCUT2D eigenvalue weighted by Crippen LogP contribution is 2.21. The molecule has 1 N–H and O–H groups in total. The maximum Gasteiger partial charge on any atom is 0.321 e. The molecule has 1 aromatic carbocycles. The van der Waals surface area contributed by atoms with E-state index in [0.717, 1.165) is 11.3 Å². The van der Waals surface area contributed by atoms with Gasteiger partial charge in [-0.15, -0.1) is 0 Å². The summed E-state index contributed by atoms with van der Waals surface area (Å²) in [6, 6.07) is 7.89. The van der Waals surface area contributed by atoms with Crippen LogP contribution in [-0.2, 0) is 0 Å². The molecule has 78 valence electrons. The first kappa shape index (κ1) is 9.51. The third-order valence-electron chi connectivity index (χ3n) is 1.97. The van der Waals surface area contributed by atoms with Crippen LogP contribution in [0.1, 0.15) is 0 Å². The van der Waals surface area contributed by atoms with Crippen molar-refractivity contribution in [3.05, 3.63) is 24.3 Å². The van der Waals surface area contributed by atoms with E-state index in [9.17, 15) is 0 Å². The Hall–Kier alpha value is -2.04. The normalized spacial score (nSPS) is 10.0. The molecule has 0 spiro atoms. The second-order valence-corrected chi connectivity index (χ2v) is 2.91. The smallest absolute Gasteiger partial charge is 0.321 e. The molecule has 2 rings (SSSR count). The van der Waals surface area contributed by atoms with Gasteiger partial charge in [-0.25, -0.2) is 0 Å². The second kappa shape index (κ2) is 4.00. The number of aromatic nitrogens is 2. The lowest BCUT2D eigenvalue weighted by atomic mass is 10.2. The molecule has 0 aliphatic carbocycles. The van der Waals surface area contributed by atoms with Crippen LogP contribution in [0.4, 0.5) is 6.01 Å². The first-order valence-corrected chi connectivity index (χ1v) is 4.49. The van der Waals surface area contributed by atoms with Gasteiger partial charge < -0.3 is 14.6 Å². The summed E-state index contributed by atoms with van der Waals surface area (Å²) in [5.41, 5.74) is 0.861. The van der Waals surface area contributed by atoms with Crippen molar-refractivity contribution in [2.45, 2.75) is 0 Å². The fraction of sp³-hybridized carbons (Fsp3) is 0.200. The van der Waals surface area contributed by atoms with Gasteiger partial charge in [-0.05, 0) is 12.1 Å². The number of nitrogens with zero attached hydrogens (tertiary/aromatic N) is 2. The van der Waals surface area contributed by atoms with Gasteiger partial charge in [0.2, 0.25) is 5.82 Å². The van der Waals surface area contributed by atoms with Crippen molar-refractivity contribution in [2.75, 3.05) is 19.5 Å². The van der Waals surface area contributed by atoms with Crippen LogP contribution in [0.2, 0.25) is 0 Å². The summed E-state index contributed by atoms with van der Waals surface area (Å²) in [5.74, 6) is 1.31. The van der Waals surface area contributed by atoms with Crippen LogP contribution in [0.5, 0.6) is 5.75 Å². The van der Waals surface area contributed by atoms with Gasteiger partial charge in [0, 0.05) is 12.6 Å². The van der Waals surface area contributed by atoms with Crippen LogP contribution in [0.15, 0.2) is 28.8 Å². The zero-order valence-electron chi connectivity index (χ0n) is 8.52. The zero-order valence-corrected chi connectivity index (χ0v) is 8.52. The predicted octanol–water partition coefficient (Wildman–Crippen LogP) is 1.79. The van der Waals surface area contributed by atoms with Gasteiger partial charge >= 0.3 is 6.01 Å². The summed E-state index contributed by atoms with van der Waals surface area (Å²) < 4.78 is 10.0.